The van der Waals surface area contributed by atoms with E-state index in [1.54, 1.807) is 7.11 Å². The molecule has 0 saturated carbocycles. The summed E-state index contributed by atoms with van der Waals surface area (Å²) in [4.78, 5) is 0. The maximum Gasteiger partial charge on any atom is 0.118 e. The van der Waals surface area contributed by atoms with Crippen LogP contribution in [0.1, 0.15) is 5.56 Å². The molecule has 0 atom stereocenters. The zero-order chi connectivity index (χ0) is 7.56. The van der Waals surface area contributed by atoms with E-state index in [0.29, 0.717) is 0 Å². The van der Waals surface area contributed by atoms with Crippen molar-refractivity contribution in [1.82, 2.24) is 0 Å². The van der Waals surface area contributed by atoms with E-state index in [2.05, 4.69) is 10.2 Å². The third-order valence-corrected chi connectivity index (χ3v) is 1.58. The van der Waals surface area contributed by atoms with Gasteiger partial charge in [-0.3, -0.25) is 0 Å². The number of hydrogen-bond acceptors (Lipinski definition) is 1. The normalized spacial score (nSPS) is 9.50. The Morgan fingerprint density at radius 1 is 1.30 bits per heavy atom. The van der Waals surface area contributed by atoms with Crippen LogP contribution in [0.3, 0.4) is 0 Å². The van der Waals surface area contributed by atoms with Crippen LogP contribution in [0.15, 0.2) is 18.2 Å². The van der Waals surface area contributed by atoms with Gasteiger partial charge in [0.25, 0.3) is 0 Å². The van der Waals surface area contributed by atoms with E-state index in [-0.39, 0.29) is 0 Å². The van der Waals surface area contributed by atoms with Crippen molar-refractivity contribution in [2.24, 2.45) is 0 Å². The molecule has 1 nitrogen and oxygen atoms in total. The summed E-state index contributed by atoms with van der Waals surface area (Å²) < 4.78 is 5.04. The Balaban J connectivity index is 3.06. The zero-order valence-corrected chi connectivity index (χ0v) is 7.14. The molecule has 0 fully saturated rings. The Labute approximate surface area is 64.4 Å². The van der Waals surface area contributed by atoms with Crippen molar-refractivity contribution in [3.8, 4) is 5.75 Å². The van der Waals surface area contributed by atoms with Crippen LogP contribution >= 0.6 is 0 Å². The molecule has 0 N–H and O–H groups in total. The third kappa shape index (κ3) is 1.61. The van der Waals surface area contributed by atoms with Crippen molar-refractivity contribution in [2.45, 2.75) is 6.92 Å². The molecule has 2 heteroatoms. The minimum absolute atomic E-state index is 0.894. The van der Waals surface area contributed by atoms with E-state index in [1.807, 2.05) is 25.1 Å². The van der Waals surface area contributed by atoms with Crippen LogP contribution in [0.5, 0.6) is 5.75 Å². The molecule has 0 aromatic heterocycles. The predicted octanol–water partition coefficient (Wildman–Crippen LogP) is 0.797. The van der Waals surface area contributed by atoms with Crippen molar-refractivity contribution in [1.29, 1.82) is 0 Å². The molecule has 10 heavy (non-hydrogen) atoms. The standard InChI is InChI=1S/C8H9OSi/c1-6-3-7(9-2)5-8(10)4-6/h3-5H,1-2H3. The van der Waals surface area contributed by atoms with Crippen LogP contribution in [-0.4, -0.2) is 17.4 Å². The largest absolute Gasteiger partial charge is 0.497 e. The Morgan fingerprint density at radius 2 is 2.00 bits per heavy atom. The van der Waals surface area contributed by atoms with Crippen molar-refractivity contribution in [3.63, 3.8) is 0 Å². The van der Waals surface area contributed by atoms with Crippen LogP contribution in [0.4, 0.5) is 0 Å². The van der Waals surface area contributed by atoms with E-state index >= 15 is 0 Å². The molecule has 0 heterocycles. The van der Waals surface area contributed by atoms with Gasteiger partial charge in [-0.15, -0.1) is 0 Å². The van der Waals surface area contributed by atoms with Gasteiger partial charge < -0.3 is 4.74 Å². The maximum absolute atomic E-state index is 5.04. The Kier molecular flexibility index (Phi) is 2.12. The summed E-state index contributed by atoms with van der Waals surface area (Å²) in [6.07, 6.45) is 0. The first-order chi connectivity index (χ1) is 4.72. The van der Waals surface area contributed by atoms with Crippen molar-refractivity contribution >= 4 is 15.4 Å². The first-order valence-corrected chi connectivity index (χ1v) is 3.59. The van der Waals surface area contributed by atoms with Gasteiger partial charge in [-0.1, -0.05) is 11.3 Å². The lowest BCUT2D eigenvalue weighted by Gasteiger charge is -2.01. The summed E-state index contributed by atoms with van der Waals surface area (Å²) in [5.41, 5.74) is 1.20. The number of aryl methyl sites for hydroxylation is 1. The molecule has 1 aromatic carbocycles. The highest BCUT2D eigenvalue weighted by Gasteiger charge is 1.92. The Hall–Kier alpha value is -0.763. The van der Waals surface area contributed by atoms with Gasteiger partial charge in [-0.05, 0) is 24.6 Å². The molecule has 0 bridgehead atoms. The minimum atomic E-state index is 0.894. The van der Waals surface area contributed by atoms with Crippen molar-refractivity contribution in [2.75, 3.05) is 7.11 Å². The van der Waals surface area contributed by atoms with Gasteiger partial charge in [-0.25, -0.2) is 0 Å². The van der Waals surface area contributed by atoms with Crippen molar-refractivity contribution in [3.05, 3.63) is 23.8 Å². The number of rotatable bonds is 1. The van der Waals surface area contributed by atoms with Crippen LogP contribution in [-0.2, 0) is 0 Å². The molecule has 0 aliphatic carbocycles. The summed E-state index contributed by atoms with van der Waals surface area (Å²) in [6, 6.07) is 5.97. The Morgan fingerprint density at radius 3 is 2.50 bits per heavy atom. The summed E-state index contributed by atoms with van der Waals surface area (Å²) in [7, 11) is 5.09. The molecule has 0 aliphatic rings. The van der Waals surface area contributed by atoms with Gasteiger partial charge in [0.05, 0.1) is 17.4 Å². The monoisotopic (exact) mass is 149 g/mol. The molecular weight excluding hydrogens is 140 g/mol. The second-order valence-corrected chi connectivity index (χ2v) is 2.82. The number of hydrogen-bond donors (Lipinski definition) is 0. The van der Waals surface area contributed by atoms with Crippen LogP contribution in [0, 0.1) is 6.92 Å². The summed E-state index contributed by atoms with van der Waals surface area (Å²) >= 11 is 0. The highest BCUT2D eigenvalue weighted by molar-refractivity contribution is 6.32. The van der Waals surface area contributed by atoms with E-state index in [4.69, 9.17) is 4.74 Å². The molecule has 0 spiro atoms. The molecule has 0 saturated heterocycles. The number of benzene rings is 1. The lowest BCUT2D eigenvalue weighted by Crippen LogP contribution is -2.02. The second-order valence-electron chi connectivity index (χ2n) is 2.24. The average molecular weight is 149 g/mol. The smallest absolute Gasteiger partial charge is 0.118 e. The number of ether oxygens (including phenoxy) is 1. The maximum atomic E-state index is 5.04. The first kappa shape index (κ1) is 7.35. The topological polar surface area (TPSA) is 9.23 Å². The van der Waals surface area contributed by atoms with Gasteiger partial charge in [-0.2, -0.15) is 0 Å². The second kappa shape index (κ2) is 2.88. The van der Waals surface area contributed by atoms with Gasteiger partial charge in [0, 0.05) is 0 Å². The fraction of sp³-hybridized carbons (Fsp3) is 0.250. The van der Waals surface area contributed by atoms with E-state index in [0.717, 1.165) is 10.9 Å². The Bertz CT molecular complexity index is 212. The predicted molar refractivity (Wildman–Crippen MR) is 43.1 cm³/mol. The van der Waals surface area contributed by atoms with Gasteiger partial charge in [0.2, 0.25) is 0 Å². The molecule has 51 valence electrons. The average Bonchev–Trinajstić information content (AvgIpc) is 1.85. The molecule has 0 amide bonds. The summed E-state index contributed by atoms with van der Waals surface area (Å²) in [6.45, 7) is 2.03. The van der Waals surface area contributed by atoms with Gasteiger partial charge >= 0.3 is 0 Å². The first-order valence-electron chi connectivity index (χ1n) is 3.09. The lowest BCUT2D eigenvalue weighted by molar-refractivity contribution is 0.415. The molecule has 1 aromatic rings. The highest BCUT2D eigenvalue weighted by Crippen LogP contribution is 2.08. The third-order valence-electron chi connectivity index (χ3n) is 1.29. The van der Waals surface area contributed by atoms with Crippen LogP contribution in [0.2, 0.25) is 0 Å². The number of methoxy groups -OCH3 is 1. The molecule has 0 unspecified atom stereocenters. The molecule has 1 rings (SSSR count). The highest BCUT2D eigenvalue weighted by atomic mass is 28.1. The fourth-order valence-electron chi connectivity index (χ4n) is 0.866. The SMILES string of the molecule is COc1cc(C)cc([Si])c1. The van der Waals surface area contributed by atoms with Crippen LogP contribution in [0.25, 0.3) is 0 Å². The lowest BCUT2D eigenvalue weighted by atomic mass is 10.2. The summed E-state index contributed by atoms with van der Waals surface area (Å²) in [5.74, 6) is 0.894. The minimum Gasteiger partial charge on any atom is -0.497 e. The van der Waals surface area contributed by atoms with E-state index < -0.39 is 0 Å². The zero-order valence-electron chi connectivity index (χ0n) is 6.14. The molecular formula is C8H9OSi. The quantitative estimate of drug-likeness (QED) is 0.537. The van der Waals surface area contributed by atoms with Gasteiger partial charge in [0.15, 0.2) is 0 Å². The van der Waals surface area contributed by atoms with Crippen LogP contribution < -0.4 is 9.92 Å². The van der Waals surface area contributed by atoms with E-state index in [9.17, 15) is 0 Å². The molecule has 0 aliphatic heterocycles. The van der Waals surface area contributed by atoms with Crippen molar-refractivity contribution < 1.29 is 4.74 Å². The fourth-order valence-corrected chi connectivity index (χ4v) is 1.24. The van der Waals surface area contributed by atoms with Gasteiger partial charge in [0.1, 0.15) is 5.75 Å². The van der Waals surface area contributed by atoms with E-state index in [1.165, 1.54) is 5.56 Å². The molecule has 3 radical (unpaired) electrons. The summed E-state index contributed by atoms with van der Waals surface area (Å²) in [5, 5.41) is 1.05.